The molecule has 0 aliphatic heterocycles. The van der Waals surface area contributed by atoms with E-state index in [1.165, 1.54) is 0 Å². The first-order valence-corrected chi connectivity index (χ1v) is 8.96. The highest BCUT2D eigenvalue weighted by molar-refractivity contribution is 6.05. The summed E-state index contributed by atoms with van der Waals surface area (Å²) in [6, 6.07) is 6.02. The molecule has 0 saturated carbocycles. The number of ether oxygens (including phenoxy) is 1. The first kappa shape index (κ1) is 17.4. The van der Waals surface area contributed by atoms with Gasteiger partial charge in [0.05, 0.1) is 29.4 Å². The summed E-state index contributed by atoms with van der Waals surface area (Å²) in [4.78, 5) is 13.2. The number of nitrogens with zero attached hydrogens (tertiary/aromatic N) is 3. The molecule has 4 N–H and O–H groups in total. The summed E-state index contributed by atoms with van der Waals surface area (Å²) in [6.45, 7) is 1.62. The van der Waals surface area contributed by atoms with Gasteiger partial charge in [-0.2, -0.15) is 10.2 Å². The molecule has 0 atom stereocenters. The molecule has 0 saturated heterocycles. The molecule has 0 amide bonds. The maximum absolute atomic E-state index is 13.2. The Kier molecular flexibility index (Phi) is 4.74. The van der Waals surface area contributed by atoms with Crippen molar-refractivity contribution in [3.63, 3.8) is 0 Å². The van der Waals surface area contributed by atoms with Gasteiger partial charge in [0.1, 0.15) is 5.52 Å². The van der Waals surface area contributed by atoms with Crippen LogP contribution in [0.5, 0.6) is 0 Å². The van der Waals surface area contributed by atoms with Gasteiger partial charge in [-0.15, -0.1) is 0 Å². The summed E-state index contributed by atoms with van der Waals surface area (Å²) in [5.74, 6) is 0. The molecule has 140 valence electrons. The summed E-state index contributed by atoms with van der Waals surface area (Å²) >= 11 is 0. The Balaban J connectivity index is 2.00. The molecule has 3 aromatic heterocycles. The lowest BCUT2D eigenvalue weighted by Gasteiger charge is -2.12. The maximum Gasteiger partial charge on any atom is 0.262 e. The van der Waals surface area contributed by atoms with Crippen molar-refractivity contribution in [2.45, 2.75) is 19.4 Å². The number of fused-ring (bicyclic) bond motifs is 3. The van der Waals surface area contributed by atoms with Crippen molar-refractivity contribution < 1.29 is 4.74 Å². The van der Waals surface area contributed by atoms with Crippen LogP contribution in [0.25, 0.3) is 32.9 Å². The van der Waals surface area contributed by atoms with E-state index in [0.717, 1.165) is 34.1 Å². The van der Waals surface area contributed by atoms with Crippen molar-refractivity contribution in [1.29, 1.82) is 0 Å². The van der Waals surface area contributed by atoms with E-state index in [2.05, 4.69) is 26.5 Å². The number of nitrogens with one attached hydrogen (secondary N) is 2. The van der Waals surface area contributed by atoms with Crippen LogP contribution in [-0.2, 0) is 17.7 Å². The van der Waals surface area contributed by atoms with E-state index in [1.54, 1.807) is 17.9 Å². The van der Waals surface area contributed by atoms with Gasteiger partial charge in [-0.25, -0.2) is 0 Å². The largest absolute Gasteiger partial charge is 0.384 e. The van der Waals surface area contributed by atoms with Crippen molar-refractivity contribution in [1.82, 2.24) is 25.0 Å². The summed E-state index contributed by atoms with van der Waals surface area (Å²) in [5.41, 5.74) is 10.00. The molecule has 0 bridgehead atoms. The molecule has 3 heterocycles. The number of nitrogens with two attached hydrogens (primary N) is 1. The number of aromatic amines is 2. The van der Waals surface area contributed by atoms with Crippen molar-refractivity contribution in [2.75, 3.05) is 20.3 Å². The fourth-order valence-corrected chi connectivity index (χ4v) is 3.45. The van der Waals surface area contributed by atoms with E-state index >= 15 is 0 Å². The van der Waals surface area contributed by atoms with Gasteiger partial charge < -0.3 is 15.0 Å². The highest BCUT2D eigenvalue weighted by atomic mass is 16.5. The second-order valence-corrected chi connectivity index (χ2v) is 6.49. The van der Waals surface area contributed by atoms with E-state index in [0.29, 0.717) is 37.0 Å². The van der Waals surface area contributed by atoms with Gasteiger partial charge in [0.2, 0.25) is 0 Å². The molecule has 8 nitrogen and oxygen atoms in total. The van der Waals surface area contributed by atoms with Crippen LogP contribution in [0.2, 0.25) is 0 Å². The minimum atomic E-state index is -0.0399. The topological polar surface area (TPSA) is 115 Å². The Labute approximate surface area is 155 Å². The number of benzene rings is 1. The number of hydrogen-bond acceptors (Lipinski definition) is 5. The standard InChI is InChI=1S/C19H22N6O2/c1-27-8-5-15-17-18(24-23-15)14-9-12(13-10-21-22-11-13)3-4-16(14)25(19(17)26)7-2-6-20/h3-4,9-11H,2,5-8,20H2,1H3,(H,21,22)(H,23,24). The molecule has 4 rings (SSSR count). The first-order chi connectivity index (χ1) is 13.2. The monoisotopic (exact) mass is 366 g/mol. The fourth-order valence-electron chi connectivity index (χ4n) is 3.45. The number of methoxy groups -OCH3 is 1. The van der Waals surface area contributed by atoms with Gasteiger partial charge in [-0.3, -0.25) is 15.0 Å². The molecule has 0 fully saturated rings. The molecule has 4 aromatic rings. The Morgan fingerprint density at radius 2 is 2.19 bits per heavy atom. The number of hydrogen-bond donors (Lipinski definition) is 3. The third-order valence-corrected chi connectivity index (χ3v) is 4.82. The van der Waals surface area contributed by atoms with Crippen LogP contribution in [0.3, 0.4) is 0 Å². The third-order valence-electron chi connectivity index (χ3n) is 4.82. The Hall–Kier alpha value is -2.97. The normalized spacial score (nSPS) is 11.6. The van der Waals surface area contributed by atoms with E-state index in [4.69, 9.17) is 10.5 Å². The van der Waals surface area contributed by atoms with Gasteiger partial charge in [-0.1, -0.05) is 6.07 Å². The molecule has 0 spiro atoms. The Morgan fingerprint density at radius 1 is 1.30 bits per heavy atom. The minimum Gasteiger partial charge on any atom is -0.384 e. The predicted molar refractivity (Wildman–Crippen MR) is 105 cm³/mol. The Morgan fingerprint density at radius 3 is 2.93 bits per heavy atom. The van der Waals surface area contributed by atoms with E-state index < -0.39 is 0 Å². The molecular formula is C19H22N6O2. The highest BCUT2D eigenvalue weighted by Crippen LogP contribution is 2.28. The van der Waals surface area contributed by atoms with Crippen molar-refractivity contribution >= 4 is 21.8 Å². The second kappa shape index (κ2) is 7.34. The lowest BCUT2D eigenvalue weighted by molar-refractivity contribution is 0.201. The van der Waals surface area contributed by atoms with Crippen LogP contribution < -0.4 is 11.3 Å². The maximum atomic E-state index is 13.2. The molecule has 1 aromatic carbocycles. The lowest BCUT2D eigenvalue weighted by atomic mass is 10.0. The molecule has 0 radical (unpaired) electrons. The smallest absolute Gasteiger partial charge is 0.262 e. The Bertz CT molecular complexity index is 1130. The predicted octanol–water partition coefficient (Wildman–Crippen LogP) is 1.81. The number of aromatic nitrogens is 5. The summed E-state index contributed by atoms with van der Waals surface area (Å²) in [7, 11) is 1.64. The van der Waals surface area contributed by atoms with Gasteiger partial charge in [0, 0.05) is 37.2 Å². The van der Waals surface area contributed by atoms with E-state index in [-0.39, 0.29) is 5.56 Å². The van der Waals surface area contributed by atoms with Gasteiger partial charge in [-0.05, 0) is 30.7 Å². The van der Waals surface area contributed by atoms with Crippen molar-refractivity contribution in [3.8, 4) is 11.1 Å². The van der Waals surface area contributed by atoms with Crippen LogP contribution in [0, 0.1) is 0 Å². The van der Waals surface area contributed by atoms with E-state index in [1.807, 2.05) is 18.3 Å². The zero-order valence-corrected chi connectivity index (χ0v) is 15.2. The van der Waals surface area contributed by atoms with Crippen LogP contribution in [0.15, 0.2) is 35.4 Å². The molecule has 8 heteroatoms. The quantitative estimate of drug-likeness (QED) is 0.461. The first-order valence-electron chi connectivity index (χ1n) is 8.96. The van der Waals surface area contributed by atoms with E-state index in [9.17, 15) is 4.79 Å². The molecular weight excluding hydrogens is 344 g/mol. The second-order valence-electron chi connectivity index (χ2n) is 6.49. The SMILES string of the molecule is COCCc1[nH]nc2c1c(=O)n(CCCN)c1ccc(-c3cn[nH]c3)cc21. The zero-order chi connectivity index (χ0) is 18.8. The van der Waals surface area contributed by atoms with Crippen LogP contribution in [-0.4, -0.2) is 45.2 Å². The molecule has 0 unspecified atom stereocenters. The molecule has 0 aliphatic rings. The van der Waals surface area contributed by atoms with Crippen molar-refractivity contribution in [2.24, 2.45) is 5.73 Å². The van der Waals surface area contributed by atoms with Gasteiger partial charge in [0.25, 0.3) is 5.56 Å². The number of H-pyrrole nitrogens is 2. The van der Waals surface area contributed by atoms with Gasteiger partial charge >= 0.3 is 0 Å². The number of pyridine rings is 1. The zero-order valence-electron chi connectivity index (χ0n) is 15.2. The summed E-state index contributed by atoms with van der Waals surface area (Å²) in [6.07, 6.45) is 4.95. The van der Waals surface area contributed by atoms with Crippen LogP contribution in [0.1, 0.15) is 12.1 Å². The molecule has 0 aliphatic carbocycles. The average molecular weight is 366 g/mol. The minimum absolute atomic E-state index is 0.0399. The van der Waals surface area contributed by atoms with Crippen LogP contribution >= 0.6 is 0 Å². The highest BCUT2D eigenvalue weighted by Gasteiger charge is 2.17. The summed E-state index contributed by atoms with van der Waals surface area (Å²) in [5, 5.41) is 15.9. The van der Waals surface area contributed by atoms with Gasteiger partial charge in [0.15, 0.2) is 0 Å². The number of rotatable bonds is 7. The third kappa shape index (κ3) is 3.02. The number of aryl methyl sites for hydroxylation is 1. The van der Waals surface area contributed by atoms with Crippen LogP contribution in [0.4, 0.5) is 0 Å². The molecule has 27 heavy (non-hydrogen) atoms. The fraction of sp³-hybridized carbons (Fsp3) is 0.316. The van der Waals surface area contributed by atoms with Crippen molar-refractivity contribution in [3.05, 3.63) is 46.6 Å². The lowest BCUT2D eigenvalue weighted by Crippen LogP contribution is -2.23. The summed E-state index contributed by atoms with van der Waals surface area (Å²) < 4.78 is 6.97. The average Bonchev–Trinajstić information content (AvgIpc) is 3.36.